The van der Waals surface area contributed by atoms with Gasteiger partial charge < -0.3 is 0 Å². The van der Waals surface area contributed by atoms with E-state index in [9.17, 15) is 13.2 Å². The van der Waals surface area contributed by atoms with E-state index >= 15 is 0 Å². The Kier molecular flexibility index (Phi) is 4.74. The number of nitrogens with one attached hydrogen (secondary N) is 1. The van der Waals surface area contributed by atoms with Crippen LogP contribution in [0.3, 0.4) is 0 Å². The fourth-order valence-electron chi connectivity index (χ4n) is 2.34. The minimum Gasteiger partial charge on any atom is -0.295 e. The van der Waals surface area contributed by atoms with Gasteiger partial charge in [-0.2, -0.15) is 0 Å². The summed E-state index contributed by atoms with van der Waals surface area (Å²) in [5, 5.41) is 1.76. The van der Waals surface area contributed by atoms with Gasteiger partial charge in [0.25, 0.3) is 10.0 Å². The van der Waals surface area contributed by atoms with Gasteiger partial charge in [0.05, 0.1) is 10.6 Å². The highest BCUT2D eigenvalue weighted by Crippen LogP contribution is 2.31. The van der Waals surface area contributed by atoms with Gasteiger partial charge in [-0.3, -0.25) is 9.52 Å². The van der Waals surface area contributed by atoms with Crippen LogP contribution in [0.25, 0.3) is 10.4 Å². The van der Waals surface area contributed by atoms with Gasteiger partial charge in [-0.1, -0.05) is 42.0 Å². The molecule has 2 aromatic carbocycles. The third kappa shape index (κ3) is 3.97. The number of aryl methyl sites for hydroxylation is 1. The maximum Gasteiger partial charge on any atom is 0.261 e. The van der Waals surface area contributed by atoms with Gasteiger partial charge in [-0.25, -0.2) is 8.42 Å². The molecular weight excluding hydrogens is 354 g/mol. The minimum absolute atomic E-state index is 0.0178. The van der Waals surface area contributed by atoms with E-state index in [-0.39, 0.29) is 10.7 Å². The van der Waals surface area contributed by atoms with E-state index in [2.05, 4.69) is 4.72 Å². The Hall–Kier alpha value is -2.44. The van der Waals surface area contributed by atoms with Gasteiger partial charge in [0.15, 0.2) is 5.78 Å². The molecule has 1 aromatic heterocycles. The second-order valence-corrected chi connectivity index (χ2v) is 8.35. The quantitative estimate of drug-likeness (QED) is 0.660. The van der Waals surface area contributed by atoms with Crippen LogP contribution in [0.4, 0.5) is 5.69 Å². The van der Waals surface area contributed by atoms with Crippen molar-refractivity contribution in [3.8, 4) is 10.4 Å². The van der Waals surface area contributed by atoms with Gasteiger partial charge in [-0.15, -0.1) is 11.3 Å². The molecule has 0 saturated carbocycles. The average molecular weight is 371 g/mol. The molecule has 3 aromatic rings. The number of carbonyl (C=O) groups is 1. The summed E-state index contributed by atoms with van der Waals surface area (Å²) in [6.07, 6.45) is 0. The zero-order valence-electron chi connectivity index (χ0n) is 13.8. The molecule has 0 aliphatic heterocycles. The topological polar surface area (TPSA) is 63.2 Å². The van der Waals surface area contributed by atoms with Gasteiger partial charge in [0.1, 0.15) is 0 Å². The molecule has 0 spiro atoms. The van der Waals surface area contributed by atoms with Gasteiger partial charge in [0.2, 0.25) is 0 Å². The molecule has 0 saturated heterocycles. The summed E-state index contributed by atoms with van der Waals surface area (Å²) in [5.74, 6) is 0.0178. The van der Waals surface area contributed by atoms with Crippen molar-refractivity contribution in [1.29, 1.82) is 0 Å². The molecule has 0 unspecified atom stereocenters. The van der Waals surface area contributed by atoms with E-state index < -0.39 is 10.0 Å². The van der Waals surface area contributed by atoms with Gasteiger partial charge >= 0.3 is 0 Å². The summed E-state index contributed by atoms with van der Waals surface area (Å²) in [5.41, 5.74) is 3.12. The van der Waals surface area contributed by atoms with Gasteiger partial charge in [0, 0.05) is 15.8 Å². The Morgan fingerprint density at radius 1 is 1.00 bits per heavy atom. The van der Waals surface area contributed by atoms with E-state index in [1.807, 2.05) is 19.1 Å². The Morgan fingerprint density at radius 2 is 1.64 bits per heavy atom. The second-order valence-electron chi connectivity index (χ2n) is 5.75. The zero-order chi connectivity index (χ0) is 18.0. The number of ketones is 1. The second kappa shape index (κ2) is 6.82. The summed E-state index contributed by atoms with van der Waals surface area (Å²) in [7, 11) is -3.60. The van der Waals surface area contributed by atoms with Crippen LogP contribution in [-0.4, -0.2) is 14.2 Å². The Morgan fingerprint density at radius 3 is 2.24 bits per heavy atom. The van der Waals surface area contributed by atoms with Crippen molar-refractivity contribution < 1.29 is 13.2 Å². The highest BCUT2D eigenvalue weighted by molar-refractivity contribution is 7.92. The van der Waals surface area contributed by atoms with Crippen molar-refractivity contribution in [3.05, 3.63) is 71.1 Å². The Bertz CT molecular complexity index is 1000. The molecule has 6 heteroatoms. The van der Waals surface area contributed by atoms with Crippen LogP contribution >= 0.6 is 11.3 Å². The monoisotopic (exact) mass is 371 g/mol. The lowest BCUT2D eigenvalue weighted by Gasteiger charge is -2.06. The van der Waals surface area contributed by atoms with Crippen molar-refractivity contribution in [1.82, 2.24) is 0 Å². The number of benzene rings is 2. The molecule has 3 rings (SSSR count). The fraction of sp³-hybridized carbons (Fsp3) is 0.105. The SMILES string of the molecule is CC(=O)c1ccc(-c2cc(NS(=O)(=O)c3ccc(C)cc3)cs2)cc1. The first-order chi connectivity index (χ1) is 11.8. The van der Waals surface area contributed by atoms with Gasteiger partial charge in [-0.05, 0) is 37.6 Å². The number of carbonyl (C=O) groups excluding carboxylic acids is 1. The number of sulfonamides is 1. The van der Waals surface area contributed by atoms with Crippen molar-refractivity contribution in [3.63, 3.8) is 0 Å². The van der Waals surface area contributed by atoms with E-state index in [1.165, 1.54) is 18.3 Å². The first-order valence-corrected chi connectivity index (χ1v) is 10.0. The molecule has 0 aliphatic carbocycles. The Labute approximate surface area is 151 Å². The van der Waals surface area contributed by atoms with Crippen LogP contribution in [0.15, 0.2) is 64.9 Å². The summed E-state index contributed by atoms with van der Waals surface area (Å²) in [6.45, 7) is 3.43. The van der Waals surface area contributed by atoms with Crippen molar-refractivity contribution >= 4 is 32.8 Å². The van der Waals surface area contributed by atoms with Crippen LogP contribution in [0, 0.1) is 6.92 Å². The van der Waals surface area contributed by atoms with E-state index in [0.717, 1.165) is 16.0 Å². The minimum atomic E-state index is -3.60. The van der Waals surface area contributed by atoms with Crippen molar-refractivity contribution in [2.75, 3.05) is 4.72 Å². The largest absolute Gasteiger partial charge is 0.295 e. The van der Waals surface area contributed by atoms with Crippen LogP contribution in [0.2, 0.25) is 0 Å². The predicted octanol–water partition coefficient (Wildman–Crippen LogP) is 4.73. The highest BCUT2D eigenvalue weighted by Gasteiger charge is 2.15. The maximum absolute atomic E-state index is 12.4. The lowest BCUT2D eigenvalue weighted by atomic mass is 10.1. The van der Waals surface area contributed by atoms with Crippen LogP contribution in [0.5, 0.6) is 0 Å². The van der Waals surface area contributed by atoms with E-state index in [0.29, 0.717) is 11.3 Å². The molecule has 0 atom stereocenters. The summed E-state index contributed by atoms with van der Waals surface area (Å²) >= 11 is 1.44. The molecule has 0 bridgehead atoms. The van der Waals surface area contributed by atoms with Crippen LogP contribution in [-0.2, 0) is 10.0 Å². The molecule has 0 aliphatic rings. The first-order valence-electron chi connectivity index (χ1n) is 7.64. The number of thiophene rings is 1. The van der Waals surface area contributed by atoms with Crippen LogP contribution < -0.4 is 4.72 Å². The molecule has 0 fully saturated rings. The molecule has 1 N–H and O–H groups in total. The molecule has 0 amide bonds. The third-order valence-electron chi connectivity index (χ3n) is 3.76. The van der Waals surface area contributed by atoms with Crippen molar-refractivity contribution in [2.45, 2.75) is 18.7 Å². The molecule has 0 radical (unpaired) electrons. The lowest BCUT2D eigenvalue weighted by Crippen LogP contribution is -2.12. The van der Waals surface area contributed by atoms with Crippen molar-refractivity contribution in [2.24, 2.45) is 0 Å². The molecular formula is C19H17NO3S2. The smallest absolute Gasteiger partial charge is 0.261 e. The number of anilines is 1. The molecule has 1 heterocycles. The summed E-state index contributed by atoms with van der Waals surface area (Å²) in [6, 6.07) is 15.8. The Balaban J connectivity index is 1.81. The highest BCUT2D eigenvalue weighted by atomic mass is 32.2. The average Bonchev–Trinajstić information content (AvgIpc) is 3.03. The van der Waals surface area contributed by atoms with Crippen LogP contribution in [0.1, 0.15) is 22.8 Å². The number of Topliss-reactive ketones (excluding diaryl/α,β-unsaturated/α-hetero) is 1. The normalized spacial score (nSPS) is 11.3. The third-order valence-corrected chi connectivity index (χ3v) is 6.14. The van der Waals surface area contributed by atoms with E-state index in [4.69, 9.17) is 0 Å². The zero-order valence-corrected chi connectivity index (χ0v) is 15.4. The molecule has 128 valence electrons. The number of hydrogen-bond donors (Lipinski definition) is 1. The van der Waals surface area contributed by atoms with E-state index in [1.54, 1.807) is 47.8 Å². The number of rotatable bonds is 5. The summed E-state index contributed by atoms with van der Waals surface area (Å²) < 4.78 is 27.5. The summed E-state index contributed by atoms with van der Waals surface area (Å²) in [4.78, 5) is 12.5. The first kappa shape index (κ1) is 17.4. The maximum atomic E-state index is 12.4. The lowest BCUT2D eigenvalue weighted by molar-refractivity contribution is 0.101. The molecule has 25 heavy (non-hydrogen) atoms. The molecule has 4 nitrogen and oxygen atoms in total. The standard InChI is InChI=1S/C19H17NO3S2/c1-13-3-9-18(10-4-13)25(22,23)20-17-11-19(24-12-17)16-7-5-15(6-8-16)14(2)21/h3-12,20H,1-2H3. The predicted molar refractivity (Wildman–Crippen MR) is 102 cm³/mol. The fourth-order valence-corrected chi connectivity index (χ4v) is 4.30. The number of hydrogen-bond acceptors (Lipinski definition) is 4.